The van der Waals surface area contributed by atoms with Crippen molar-refractivity contribution in [2.24, 2.45) is 0 Å². The van der Waals surface area contributed by atoms with E-state index in [0.717, 1.165) is 12.0 Å². The topological polar surface area (TPSA) is 59.1 Å². The van der Waals surface area contributed by atoms with Gasteiger partial charge in [-0.2, -0.15) is 0 Å². The fourth-order valence-electron chi connectivity index (χ4n) is 4.32. The molecule has 0 bridgehead atoms. The lowest BCUT2D eigenvalue weighted by atomic mass is 10.0. The Hall–Kier alpha value is -2.94. The Balaban J connectivity index is 1.52. The van der Waals surface area contributed by atoms with E-state index >= 15 is 0 Å². The van der Waals surface area contributed by atoms with Crippen LogP contribution in [0.1, 0.15) is 33.3 Å². The van der Waals surface area contributed by atoms with Crippen LogP contribution in [0.2, 0.25) is 5.02 Å². The molecule has 0 saturated heterocycles. The second kappa shape index (κ2) is 12.3. The average molecular weight is 531 g/mol. The van der Waals surface area contributed by atoms with E-state index in [1.165, 1.54) is 17.0 Å². The third-order valence-corrected chi connectivity index (χ3v) is 7.31. The highest BCUT2D eigenvalue weighted by Gasteiger charge is 2.33. The lowest BCUT2D eigenvalue weighted by Crippen LogP contribution is -2.48. The molecule has 1 atom stereocenters. The molecule has 1 aliphatic heterocycles. The zero-order valence-electron chi connectivity index (χ0n) is 20.0. The molecule has 0 N–H and O–H groups in total. The first kappa shape index (κ1) is 26.1. The quantitative estimate of drug-likeness (QED) is 0.337. The van der Waals surface area contributed by atoms with Gasteiger partial charge >= 0.3 is 0 Å². The summed E-state index contributed by atoms with van der Waals surface area (Å²) in [7, 11) is 1.60. The summed E-state index contributed by atoms with van der Waals surface area (Å²) in [6.45, 7) is 1.46. The van der Waals surface area contributed by atoms with Crippen LogP contribution < -0.4 is 4.74 Å². The number of nitrogens with zero attached hydrogens (tertiary/aromatic N) is 2. The van der Waals surface area contributed by atoms with Crippen molar-refractivity contribution in [3.8, 4) is 5.75 Å². The number of benzene rings is 2. The average Bonchev–Trinajstić information content (AvgIpc) is 3.35. The molecule has 0 aliphatic carbocycles. The molecule has 1 unspecified atom stereocenters. The predicted octanol–water partition coefficient (Wildman–Crippen LogP) is 5.22. The summed E-state index contributed by atoms with van der Waals surface area (Å²) in [6.07, 6.45) is 1.33. The summed E-state index contributed by atoms with van der Waals surface area (Å²) in [6, 6.07) is 14.3. The van der Waals surface area contributed by atoms with Crippen LogP contribution >= 0.6 is 22.9 Å². The molecule has 0 saturated carbocycles. The molecule has 4 rings (SSSR count). The van der Waals surface area contributed by atoms with Crippen molar-refractivity contribution in [1.82, 2.24) is 9.80 Å². The van der Waals surface area contributed by atoms with Crippen molar-refractivity contribution >= 4 is 34.8 Å². The first-order valence-corrected chi connectivity index (χ1v) is 13.0. The number of thiophene rings is 1. The molecule has 2 aromatic carbocycles. The van der Waals surface area contributed by atoms with E-state index in [-0.39, 0.29) is 36.8 Å². The Kier molecular flexibility index (Phi) is 8.96. The van der Waals surface area contributed by atoms with Gasteiger partial charge in [-0.25, -0.2) is 4.39 Å². The zero-order chi connectivity index (χ0) is 25.5. The van der Waals surface area contributed by atoms with Gasteiger partial charge in [0.2, 0.25) is 5.91 Å². The normalized spacial score (nSPS) is 14.9. The molecule has 0 radical (unpaired) electrons. The van der Waals surface area contributed by atoms with Gasteiger partial charge in [-0.1, -0.05) is 23.7 Å². The number of hydrogen-bond donors (Lipinski definition) is 0. The first-order chi connectivity index (χ1) is 17.5. The molecule has 2 heterocycles. The van der Waals surface area contributed by atoms with Crippen LogP contribution in [0.3, 0.4) is 0 Å². The van der Waals surface area contributed by atoms with Crippen LogP contribution in [0.25, 0.3) is 0 Å². The van der Waals surface area contributed by atoms with E-state index in [1.54, 1.807) is 64.6 Å². The lowest BCUT2D eigenvalue weighted by Gasteiger charge is -2.37. The minimum absolute atomic E-state index is 0.0784. The Bertz CT molecular complexity index is 1200. The largest absolute Gasteiger partial charge is 0.491 e. The van der Waals surface area contributed by atoms with Gasteiger partial charge in [-0.3, -0.25) is 9.59 Å². The maximum Gasteiger partial charge on any atom is 0.254 e. The summed E-state index contributed by atoms with van der Waals surface area (Å²) in [5.41, 5.74) is 1.46. The van der Waals surface area contributed by atoms with Gasteiger partial charge in [-0.05, 0) is 60.2 Å². The Morgan fingerprint density at radius 2 is 2.03 bits per heavy atom. The fourth-order valence-corrected chi connectivity index (χ4v) is 5.44. The second-order valence-corrected chi connectivity index (χ2v) is 9.94. The van der Waals surface area contributed by atoms with Gasteiger partial charge in [0.25, 0.3) is 5.91 Å². The zero-order valence-corrected chi connectivity index (χ0v) is 21.6. The van der Waals surface area contributed by atoms with E-state index in [4.69, 9.17) is 21.1 Å². The van der Waals surface area contributed by atoms with Gasteiger partial charge in [0.15, 0.2) is 0 Å². The minimum Gasteiger partial charge on any atom is -0.491 e. The number of hydrogen-bond acceptors (Lipinski definition) is 5. The summed E-state index contributed by atoms with van der Waals surface area (Å²) in [5, 5.41) is 2.47. The molecule has 1 aromatic heterocycles. The number of methoxy groups -OCH3 is 1. The molecule has 3 aromatic rings. The van der Waals surface area contributed by atoms with Crippen molar-refractivity contribution in [3.05, 3.63) is 86.8 Å². The number of carbonyl (C=O) groups is 2. The van der Waals surface area contributed by atoms with Crippen molar-refractivity contribution < 1.29 is 23.5 Å². The summed E-state index contributed by atoms with van der Waals surface area (Å²) < 4.78 is 24.7. The van der Waals surface area contributed by atoms with E-state index in [0.29, 0.717) is 42.5 Å². The summed E-state index contributed by atoms with van der Waals surface area (Å²) >= 11 is 7.75. The third kappa shape index (κ3) is 6.43. The molecule has 1 aliphatic rings. The summed E-state index contributed by atoms with van der Waals surface area (Å²) in [4.78, 5) is 31.4. The maximum absolute atomic E-state index is 13.6. The van der Waals surface area contributed by atoms with Gasteiger partial charge in [-0.15, -0.1) is 11.3 Å². The van der Waals surface area contributed by atoms with Gasteiger partial charge < -0.3 is 19.3 Å². The van der Waals surface area contributed by atoms with Crippen LogP contribution in [0, 0.1) is 5.82 Å². The molecule has 0 fully saturated rings. The number of fused-ring (bicyclic) bond motifs is 1. The molecule has 6 nitrogen and oxygen atoms in total. The monoisotopic (exact) mass is 530 g/mol. The van der Waals surface area contributed by atoms with E-state index in [1.807, 2.05) is 11.4 Å². The van der Waals surface area contributed by atoms with Crippen LogP contribution in [0.15, 0.2) is 60.0 Å². The molecule has 9 heteroatoms. The number of amides is 2. The van der Waals surface area contributed by atoms with E-state index in [9.17, 15) is 14.0 Å². The second-order valence-electron chi connectivity index (χ2n) is 8.50. The molecule has 0 spiro atoms. The van der Waals surface area contributed by atoms with Gasteiger partial charge in [0.05, 0.1) is 6.04 Å². The fraction of sp³-hybridized carbons (Fsp3) is 0.333. The Morgan fingerprint density at radius 3 is 2.81 bits per heavy atom. The van der Waals surface area contributed by atoms with Crippen molar-refractivity contribution in [2.45, 2.75) is 18.9 Å². The number of halogens is 2. The van der Waals surface area contributed by atoms with Crippen molar-refractivity contribution in [3.63, 3.8) is 0 Å². The molecule has 2 amide bonds. The highest BCUT2D eigenvalue weighted by atomic mass is 35.5. The van der Waals surface area contributed by atoms with E-state index in [2.05, 4.69) is 0 Å². The smallest absolute Gasteiger partial charge is 0.254 e. The molecule has 36 heavy (non-hydrogen) atoms. The molecular formula is C27H28ClFN2O4S. The number of ether oxygens (including phenoxy) is 2. The highest BCUT2D eigenvalue weighted by Crippen LogP contribution is 2.34. The maximum atomic E-state index is 13.6. The lowest BCUT2D eigenvalue weighted by molar-refractivity contribution is -0.135. The van der Waals surface area contributed by atoms with Crippen LogP contribution in [0.5, 0.6) is 5.75 Å². The SMILES string of the molecule is COCCCN(CC(=O)N1CCc2sccc2C1COc1cccc(F)c1)C(=O)c1cccc(Cl)c1. The molecular weight excluding hydrogens is 503 g/mol. The number of rotatable bonds is 10. The predicted molar refractivity (Wildman–Crippen MR) is 138 cm³/mol. The van der Waals surface area contributed by atoms with E-state index < -0.39 is 0 Å². The molecule has 190 valence electrons. The highest BCUT2D eigenvalue weighted by molar-refractivity contribution is 7.10. The van der Waals surface area contributed by atoms with Crippen molar-refractivity contribution in [2.75, 3.05) is 40.0 Å². The van der Waals surface area contributed by atoms with Gasteiger partial charge in [0.1, 0.15) is 24.7 Å². The first-order valence-electron chi connectivity index (χ1n) is 11.7. The number of carbonyl (C=O) groups excluding carboxylic acids is 2. The van der Waals surface area contributed by atoms with Crippen LogP contribution in [0.4, 0.5) is 4.39 Å². The third-order valence-electron chi connectivity index (χ3n) is 6.08. The Labute approximate surface area is 219 Å². The summed E-state index contributed by atoms with van der Waals surface area (Å²) in [5.74, 6) is -0.413. The van der Waals surface area contributed by atoms with Crippen LogP contribution in [-0.2, 0) is 16.0 Å². The standard InChI is InChI=1S/C27H28ClFN2O4S/c1-34-13-4-11-30(27(33)19-5-2-6-20(28)15-19)17-26(32)31-12-9-25-23(10-14-36-25)24(31)18-35-22-8-3-7-21(29)16-22/h2-3,5-8,10,14-16,24H,4,9,11-13,17-18H2,1H3. The minimum atomic E-state index is -0.383. The Morgan fingerprint density at radius 1 is 1.19 bits per heavy atom. The van der Waals surface area contributed by atoms with Crippen molar-refractivity contribution in [1.29, 1.82) is 0 Å². The van der Waals surface area contributed by atoms with Crippen LogP contribution in [-0.4, -0.2) is 61.6 Å². The van der Waals surface area contributed by atoms with Gasteiger partial charge in [0, 0.05) is 48.3 Å².